The maximum atomic E-state index is 12.7. The minimum atomic E-state index is -1.66. The number of hydrazine groups is 1. The fourth-order valence-electron chi connectivity index (χ4n) is 2.75. The zero-order valence-electron chi connectivity index (χ0n) is 13.8. The van der Waals surface area contributed by atoms with Gasteiger partial charge < -0.3 is 5.11 Å². The molecule has 1 saturated heterocycles. The number of Topliss-reactive ketones (excluding diaryl/α,β-unsaturated/α-hetero) is 1. The number of nitrogens with one attached hydrogen (secondary N) is 1. The van der Waals surface area contributed by atoms with E-state index in [0.717, 1.165) is 0 Å². The molecule has 1 aliphatic rings. The molecule has 6 nitrogen and oxygen atoms in total. The first kappa shape index (κ1) is 17.1. The van der Waals surface area contributed by atoms with Gasteiger partial charge in [0.2, 0.25) is 0 Å². The summed E-state index contributed by atoms with van der Waals surface area (Å²) in [6.07, 6.45) is 0.136. The maximum Gasteiger partial charge on any atom is 0.326 e. The summed E-state index contributed by atoms with van der Waals surface area (Å²) in [7, 11) is 0. The van der Waals surface area contributed by atoms with Crippen molar-refractivity contribution in [3.63, 3.8) is 0 Å². The Balaban J connectivity index is 2.40. The summed E-state index contributed by atoms with van der Waals surface area (Å²) in [5, 5.41) is 10.7. The van der Waals surface area contributed by atoms with E-state index in [9.17, 15) is 19.5 Å². The summed E-state index contributed by atoms with van der Waals surface area (Å²) in [5.41, 5.74) is 1.24. The van der Waals surface area contributed by atoms with E-state index < -0.39 is 23.3 Å². The highest BCUT2D eigenvalue weighted by Crippen LogP contribution is 2.34. The van der Waals surface area contributed by atoms with Crippen molar-refractivity contribution in [3.8, 4) is 0 Å². The number of ketones is 1. The molecule has 1 amide bonds. The third kappa shape index (κ3) is 3.27. The number of benzene rings is 1. The van der Waals surface area contributed by atoms with Gasteiger partial charge in [-0.25, -0.2) is 10.4 Å². The standard InChI is InChI=1S/C17H22N2O4/c1-16(2,3)10-12(20)13-14(21)19(11-8-6-5-7-9-11)18-17(13,4)15(22)23/h5-9,13,18H,10H2,1-4H3,(H,22,23). The van der Waals surface area contributed by atoms with Crippen LogP contribution in [0.15, 0.2) is 30.3 Å². The number of carbonyl (C=O) groups is 3. The van der Waals surface area contributed by atoms with Gasteiger partial charge in [0.05, 0.1) is 5.69 Å². The average molecular weight is 318 g/mol. The number of amides is 1. The molecule has 2 unspecified atom stereocenters. The highest BCUT2D eigenvalue weighted by Gasteiger charge is 2.58. The van der Waals surface area contributed by atoms with Crippen LogP contribution in [0.1, 0.15) is 34.1 Å². The predicted molar refractivity (Wildman–Crippen MR) is 85.7 cm³/mol. The minimum absolute atomic E-state index is 0.136. The van der Waals surface area contributed by atoms with Gasteiger partial charge in [0.1, 0.15) is 11.7 Å². The van der Waals surface area contributed by atoms with Crippen molar-refractivity contribution < 1.29 is 19.5 Å². The van der Waals surface area contributed by atoms with Gasteiger partial charge in [0.25, 0.3) is 5.91 Å². The van der Waals surface area contributed by atoms with Crippen LogP contribution in [0.3, 0.4) is 0 Å². The topological polar surface area (TPSA) is 86.7 Å². The second-order valence-electron chi connectivity index (χ2n) is 7.27. The number of anilines is 1. The lowest BCUT2D eigenvalue weighted by Crippen LogP contribution is -2.54. The summed E-state index contributed by atoms with van der Waals surface area (Å²) in [6.45, 7) is 7.02. The number of nitrogens with zero attached hydrogens (tertiary/aromatic N) is 1. The zero-order chi connectivity index (χ0) is 17.4. The molecule has 0 saturated carbocycles. The Labute approximate surface area is 135 Å². The molecule has 0 spiro atoms. The van der Waals surface area contributed by atoms with E-state index in [2.05, 4.69) is 5.43 Å². The fourth-order valence-corrected chi connectivity index (χ4v) is 2.75. The number of carboxylic acid groups (broad SMARTS) is 1. The van der Waals surface area contributed by atoms with Crippen LogP contribution < -0.4 is 10.4 Å². The Kier molecular flexibility index (Phi) is 4.30. The molecule has 124 valence electrons. The quantitative estimate of drug-likeness (QED) is 0.829. The van der Waals surface area contributed by atoms with E-state index in [1.54, 1.807) is 30.3 Å². The van der Waals surface area contributed by atoms with Gasteiger partial charge >= 0.3 is 5.97 Å². The summed E-state index contributed by atoms with van der Waals surface area (Å²) in [5.74, 6) is -3.37. The Morgan fingerprint density at radius 3 is 2.30 bits per heavy atom. The van der Waals surface area contributed by atoms with Gasteiger partial charge in [-0.05, 0) is 24.5 Å². The average Bonchev–Trinajstić information content (AvgIpc) is 2.71. The molecule has 0 radical (unpaired) electrons. The van der Waals surface area contributed by atoms with E-state index in [0.29, 0.717) is 5.69 Å². The summed E-state index contributed by atoms with van der Waals surface area (Å²) < 4.78 is 0. The number of hydrogen-bond acceptors (Lipinski definition) is 4. The molecular formula is C17H22N2O4. The molecule has 1 aromatic carbocycles. The Hall–Kier alpha value is -2.21. The van der Waals surface area contributed by atoms with Crippen molar-refractivity contribution >= 4 is 23.3 Å². The SMILES string of the molecule is CC(C)(C)CC(=O)C1C(=O)N(c2ccccc2)NC1(C)C(=O)O. The Morgan fingerprint density at radius 1 is 1.26 bits per heavy atom. The summed E-state index contributed by atoms with van der Waals surface area (Å²) >= 11 is 0. The number of para-hydroxylation sites is 1. The monoisotopic (exact) mass is 318 g/mol. The van der Waals surface area contributed by atoms with Crippen LogP contribution in [0.25, 0.3) is 0 Å². The second kappa shape index (κ2) is 5.77. The van der Waals surface area contributed by atoms with Crippen LogP contribution in [-0.2, 0) is 14.4 Å². The van der Waals surface area contributed by atoms with Crippen LogP contribution in [0.4, 0.5) is 5.69 Å². The molecule has 23 heavy (non-hydrogen) atoms. The van der Waals surface area contributed by atoms with E-state index in [1.165, 1.54) is 11.9 Å². The second-order valence-corrected chi connectivity index (χ2v) is 7.27. The number of aliphatic carboxylic acids is 1. The van der Waals surface area contributed by atoms with Crippen molar-refractivity contribution in [2.45, 2.75) is 39.7 Å². The molecular weight excluding hydrogens is 296 g/mol. The van der Waals surface area contributed by atoms with Gasteiger partial charge in [-0.15, -0.1) is 0 Å². The Bertz CT molecular complexity index is 636. The van der Waals surface area contributed by atoms with Crippen LogP contribution in [0.2, 0.25) is 0 Å². The minimum Gasteiger partial charge on any atom is -0.480 e. The molecule has 1 heterocycles. The zero-order valence-corrected chi connectivity index (χ0v) is 13.8. The smallest absolute Gasteiger partial charge is 0.326 e. The molecule has 6 heteroatoms. The van der Waals surface area contributed by atoms with E-state index >= 15 is 0 Å². The number of carboxylic acids is 1. The molecule has 0 aromatic heterocycles. The molecule has 1 aromatic rings. The van der Waals surface area contributed by atoms with Gasteiger partial charge in [0.15, 0.2) is 5.54 Å². The van der Waals surface area contributed by atoms with Gasteiger partial charge in [-0.3, -0.25) is 14.4 Å². The fraction of sp³-hybridized carbons (Fsp3) is 0.471. The van der Waals surface area contributed by atoms with Crippen molar-refractivity contribution in [2.75, 3.05) is 5.01 Å². The lowest BCUT2D eigenvalue weighted by atomic mass is 9.78. The third-order valence-electron chi connectivity index (χ3n) is 3.87. The van der Waals surface area contributed by atoms with E-state index in [1.807, 2.05) is 20.8 Å². The highest BCUT2D eigenvalue weighted by atomic mass is 16.4. The van der Waals surface area contributed by atoms with Crippen molar-refractivity contribution in [2.24, 2.45) is 11.3 Å². The summed E-state index contributed by atoms with van der Waals surface area (Å²) in [4.78, 5) is 37.1. The first-order valence-electron chi connectivity index (χ1n) is 7.49. The molecule has 2 rings (SSSR count). The lowest BCUT2D eigenvalue weighted by molar-refractivity contribution is -0.150. The van der Waals surface area contributed by atoms with Gasteiger partial charge in [-0.2, -0.15) is 0 Å². The van der Waals surface area contributed by atoms with Crippen molar-refractivity contribution in [3.05, 3.63) is 30.3 Å². The summed E-state index contributed by atoms with van der Waals surface area (Å²) in [6, 6.07) is 8.65. The maximum absolute atomic E-state index is 12.7. The molecule has 2 atom stereocenters. The largest absolute Gasteiger partial charge is 0.480 e. The number of hydrogen-bond donors (Lipinski definition) is 2. The van der Waals surface area contributed by atoms with Gasteiger partial charge in [-0.1, -0.05) is 39.0 Å². The van der Waals surface area contributed by atoms with Crippen LogP contribution in [0.5, 0.6) is 0 Å². The molecule has 0 bridgehead atoms. The third-order valence-corrected chi connectivity index (χ3v) is 3.87. The predicted octanol–water partition coefficient (Wildman–Crippen LogP) is 2.00. The molecule has 2 N–H and O–H groups in total. The van der Waals surface area contributed by atoms with E-state index in [4.69, 9.17) is 0 Å². The first-order chi connectivity index (χ1) is 10.6. The molecule has 1 fully saturated rings. The number of carbonyl (C=O) groups excluding carboxylic acids is 2. The normalized spacial score (nSPS) is 24.8. The lowest BCUT2D eigenvalue weighted by Gasteiger charge is -2.26. The molecule has 0 aliphatic carbocycles. The highest BCUT2D eigenvalue weighted by molar-refractivity contribution is 6.15. The van der Waals surface area contributed by atoms with E-state index in [-0.39, 0.29) is 17.6 Å². The van der Waals surface area contributed by atoms with Crippen LogP contribution >= 0.6 is 0 Å². The molecule has 1 aliphatic heterocycles. The van der Waals surface area contributed by atoms with Gasteiger partial charge in [0, 0.05) is 6.42 Å². The van der Waals surface area contributed by atoms with Crippen LogP contribution in [-0.4, -0.2) is 28.3 Å². The van der Waals surface area contributed by atoms with Crippen molar-refractivity contribution in [1.29, 1.82) is 0 Å². The Morgan fingerprint density at radius 2 is 1.83 bits per heavy atom. The number of rotatable bonds is 4. The van der Waals surface area contributed by atoms with Crippen LogP contribution in [0, 0.1) is 11.3 Å². The first-order valence-corrected chi connectivity index (χ1v) is 7.49. The van der Waals surface area contributed by atoms with Crippen molar-refractivity contribution in [1.82, 2.24) is 5.43 Å².